The van der Waals surface area contributed by atoms with E-state index in [-0.39, 0.29) is 61.7 Å². The van der Waals surface area contributed by atoms with Crippen LogP contribution in [0.1, 0.15) is 206 Å². The van der Waals surface area contributed by atoms with Crippen LogP contribution in [0, 0.1) is 0 Å². The van der Waals surface area contributed by atoms with Crippen molar-refractivity contribution in [3.8, 4) is 0 Å². The van der Waals surface area contributed by atoms with Crippen LogP contribution in [0.4, 0.5) is 0 Å². The molecule has 0 amide bonds. The van der Waals surface area contributed by atoms with Gasteiger partial charge in [-0.2, -0.15) is 0 Å². The number of ketones is 2. The number of rotatable bonds is 32. The maximum absolute atomic E-state index is 11.6. The molecule has 0 rings (SSSR count). The van der Waals surface area contributed by atoms with Crippen LogP contribution in [0.15, 0.2) is 0 Å². The van der Waals surface area contributed by atoms with Gasteiger partial charge >= 0.3 is 48.9 Å². The van der Waals surface area contributed by atoms with E-state index in [1.165, 1.54) is 77.0 Å². The van der Waals surface area contributed by atoms with Crippen LogP contribution in [0.2, 0.25) is 0 Å². The fourth-order valence-corrected chi connectivity index (χ4v) is 5.05. The number of carboxylic acids is 2. The Morgan fingerprint density at radius 1 is 0.326 bits per heavy atom. The Morgan fingerprint density at radius 3 is 0.721 bits per heavy atom. The van der Waals surface area contributed by atoms with Gasteiger partial charge in [-0.25, -0.2) is 0 Å². The average molecular weight is 732 g/mol. The van der Waals surface area contributed by atoms with Gasteiger partial charge in [0, 0.05) is 37.6 Å². The van der Waals surface area contributed by atoms with Crippen molar-refractivity contribution >= 4 is 72.4 Å². The van der Waals surface area contributed by atoms with E-state index in [1.807, 2.05) is 0 Å². The number of carbonyl (C=O) groups is 4. The van der Waals surface area contributed by atoms with E-state index in [0.717, 1.165) is 103 Å². The Bertz CT molecular complexity index is 583. The van der Waals surface area contributed by atoms with E-state index in [2.05, 4.69) is 13.8 Å². The van der Waals surface area contributed by atoms with Gasteiger partial charge in [-0.3, -0.25) is 9.59 Å². The van der Waals surface area contributed by atoms with Gasteiger partial charge in [0.15, 0.2) is 0 Å². The van der Waals surface area contributed by atoms with Crippen molar-refractivity contribution < 1.29 is 29.4 Å². The summed E-state index contributed by atoms with van der Waals surface area (Å²) in [4.78, 5) is 43.7. The second kappa shape index (κ2) is 39.9. The molecule has 43 heavy (non-hydrogen) atoms. The summed E-state index contributed by atoms with van der Waals surface area (Å²) >= 11 is 0. The minimum Gasteiger partial charge on any atom is -0.550 e. The van der Waals surface area contributed by atoms with Crippen molar-refractivity contribution in [1.29, 1.82) is 0 Å². The Morgan fingerprint density at radius 2 is 0.512 bits per heavy atom. The number of aliphatic carboxylic acids is 2. The average Bonchev–Trinajstić information content (AvgIpc) is 2.95. The molecule has 0 spiro atoms. The van der Waals surface area contributed by atoms with Crippen LogP contribution in [-0.2, 0) is 19.2 Å². The molecule has 0 radical (unpaired) electrons. The van der Waals surface area contributed by atoms with Crippen LogP contribution < -0.4 is 10.2 Å². The van der Waals surface area contributed by atoms with Gasteiger partial charge in [0.25, 0.3) is 0 Å². The Balaban J connectivity index is -0.000000727. The number of carbonyl (C=O) groups excluding carboxylic acids is 4. The first kappa shape index (κ1) is 47.3. The fraction of sp³-hybridized carbons (Fsp3) is 0.889. The van der Waals surface area contributed by atoms with E-state index < -0.39 is 11.9 Å². The maximum Gasteiger partial charge on any atom is 2.00 e. The summed E-state index contributed by atoms with van der Waals surface area (Å²) in [5.41, 5.74) is 0. The molecule has 0 saturated heterocycles. The van der Waals surface area contributed by atoms with Crippen molar-refractivity contribution in [2.45, 2.75) is 206 Å². The predicted octanol–water partition coefficient (Wildman–Crippen LogP) is 7.97. The summed E-state index contributed by atoms with van der Waals surface area (Å²) in [7, 11) is 0. The molecular weight excluding hydrogens is 666 g/mol. The molecule has 0 fully saturated rings. The first-order valence-electron chi connectivity index (χ1n) is 17.8. The van der Waals surface area contributed by atoms with Gasteiger partial charge in [0.2, 0.25) is 0 Å². The predicted molar refractivity (Wildman–Crippen MR) is 176 cm³/mol. The van der Waals surface area contributed by atoms with Crippen molar-refractivity contribution in [3.63, 3.8) is 0 Å². The van der Waals surface area contributed by atoms with Crippen molar-refractivity contribution in [1.82, 2.24) is 0 Å². The summed E-state index contributed by atoms with van der Waals surface area (Å²) in [5, 5.41) is 20.4. The third-order valence-electron chi connectivity index (χ3n) is 7.79. The zero-order valence-corrected chi connectivity index (χ0v) is 32.8. The molecule has 0 aromatic rings. The number of Topliss-reactive ketones (excluding diaryl/α,β-unsaturated/α-hetero) is 2. The molecule has 0 bridgehead atoms. The summed E-state index contributed by atoms with van der Waals surface area (Å²) < 4.78 is 0. The topological polar surface area (TPSA) is 114 Å². The molecule has 0 aromatic heterocycles. The van der Waals surface area contributed by atoms with Gasteiger partial charge < -0.3 is 19.8 Å². The van der Waals surface area contributed by atoms with E-state index in [9.17, 15) is 29.4 Å². The van der Waals surface area contributed by atoms with Crippen LogP contribution in [0.25, 0.3) is 0 Å². The summed E-state index contributed by atoms with van der Waals surface area (Å²) in [6.45, 7) is 4.37. The van der Waals surface area contributed by atoms with Gasteiger partial charge in [0.05, 0.1) is 0 Å². The van der Waals surface area contributed by atoms with Crippen LogP contribution in [-0.4, -0.2) is 72.4 Å². The zero-order chi connectivity index (χ0) is 31.5. The molecule has 6 nitrogen and oxygen atoms in total. The summed E-state index contributed by atoms with van der Waals surface area (Å²) in [5.74, 6) is -0.995. The summed E-state index contributed by atoms with van der Waals surface area (Å²) in [6.07, 6.45) is 30.2. The van der Waals surface area contributed by atoms with E-state index in [0.29, 0.717) is 11.6 Å². The van der Waals surface area contributed by atoms with Crippen molar-refractivity contribution in [2.24, 2.45) is 0 Å². The van der Waals surface area contributed by atoms with Gasteiger partial charge in [0.1, 0.15) is 11.6 Å². The molecule has 0 aliphatic heterocycles. The number of carboxylic acid groups (broad SMARTS) is 2. The van der Waals surface area contributed by atoms with E-state index in [4.69, 9.17) is 0 Å². The normalized spacial score (nSPS) is 10.5. The standard InChI is InChI=1S/2C18H34O3.Ba/c2*1-2-3-4-11-14-17(19)15-12-9-7-5-6-8-10-13-16-18(20)21;/h2*2-16H2,1H3,(H,20,21);/q;;+2/p-2. The van der Waals surface area contributed by atoms with Crippen LogP contribution in [0.3, 0.4) is 0 Å². The second-order valence-corrected chi connectivity index (χ2v) is 12.1. The molecule has 248 valence electrons. The molecule has 0 aliphatic rings. The molecule has 0 atom stereocenters. The first-order valence-corrected chi connectivity index (χ1v) is 17.8. The Hall–Kier alpha value is -0.149. The third kappa shape index (κ3) is 46.4. The summed E-state index contributed by atoms with van der Waals surface area (Å²) in [6, 6.07) is 0. The quantitative estimate of drug-likeness (QED) is 0.0512. The Kier molecular flexibility index (Phi) is 43.8. The van der Waals surface area contributed by atoms with Crippen molar-refractivity contribution in [2.75, 3.05) is 0 Å². The van der Waals surface area contributed by atoms with Crippen LogP contribution in [0.5, 0.6) is 0 Å². The van der Waals surface area contributed by atoms with E-state index in [1.54, 1.807) is 0 Å². The van der Waals surface area contributed by atoms with Crippen LogP contribution >= 0.6 is 0 Å². The molecule has 0 unspecified atom stereocenters. The largest absolute Gasteiger partial charge is 2.00 e. The Labute approximate surface area is 305 Å². The zero-order valence-electron chi connectivity index (χ0n) is 28.4. The van der Waals surface area contributed by atoms with Crippen molar-refractivity contribution in [3.05, 3.63) is 0 Å². The second-order valence-electron chi connectivity index (χ2n) is 12.1. The van der Waals surface area contributed by atoms with Gasteiger partial charge in [-0.15, -0.1) is 0 Å². The molecule has 0 heterocycles. The van der Waals surface area contributed by atoms with Gasteiger partial charge in [-0.05, 0) is 51.4 Å². The molecular formula is C36H66BaO6. The number of unbranched alkanes of at least 4 members (excludes halogenated alkanes) is 20. The SMILES string of the molecule is CCCCCCC(=O)CCCCCCCCCCC(=O)[O-].CCCCCCC(=O)CCCCCCCCCCC(=O)[O-].[Ba+2]. The molecule has 0 aliphatic carbocycles. The van der Waals surface area contributed by atoms with E-state index >= 15 is 0 Å². The van der Waals surface area contributed by atoms with Gasteiger partial charge in [-0.1, -0.05) is 129 Å². The molecule has 7 heteroatoms. The maximum atomic E-state index is 11.6. The third-order valence-corrected chi connectivity index (χ3v) is 7.79. The minimum absolute atomic E-state index is 0. The fourth-order valence-electron chi connectivity index (χ4n) is 5.05. The number of hydrogen-bond donors (Lipinski definition) is 0. The smallest absolute Gasteiger partial charge is 0.550 e. The molecule has 0 saturated carbocycles. The number of hydrogen-bond acceptors (Lipinski definition) is 6. The first-order chi connectivity index (χ1) is 20.3. The molecule has 0 aromatic carbocycles. The monoisotopic (exact) mass is 732 g/mol. The molecule has 0 N–H and O–H groups in total. The minimum atomic E-state index is -0.936.